The third-order valence-corrected chi connectivity index (χ3v) is 4.80. The molecular formula is C9H14N2O4S. The van der Waals surface area contributed by atoms with Gasteiger partial charge in [-0.15, -0.1) is 0 Å². The van der Waals surface area contributed by atoms with Crippen LogP contribution >= 0.6 is 0 Å². The summed E-state index contributed by atoms with van der Waals surface area (Å²) in [5.41, 5.74) is 0. The Kier molecular flexibility index (Phi) is 3.88. The SMILES string of the molecule is CCC(C#N)S(=O)(=O)N1CC(CC(=O)O)C1. The highest BCUT2D eigenvalue weighted by molar-refractivity contribution is 7.90. The van der Waals surface area contributed by atoms with Crippen LogP contribution in [0.15, 0.2) is 0 Å². The third kappa shape index (κ3) is 2.51. The van der Waals surface area contributed by atoms with Crippen LogP contribution in [0.1, 0.15) is 19.8 Å². The lowest BCUT2D eigenvalue weighted by Crippen LogP contribution is -2.53. The molecule has 0 aromatic carbocycles. The molecule has 6 nitrogen and oxygen atoms in total. The molecule has 1 aliphatic rings. The topological polar surface area (TPSA) is 98.5 Å². The smallest absolute Gasteiger partial charge is 0.303 e. The molecule has 1 fully saturated rings. The first-order valence-corrected chi connectivity index (χ1v) is 6.52. The monoisotopic (exact) mass is 246 g/mol. The van der Waals surface area contributed by atoms with Gasteiger partial charge < -0.3 is 5.11 Å². The van der Waals surface area contributed by atoms with Gasteiger partial charge in [0.15, 0.2) is 5.25 Å². The van der Waals surface area contributed by atoms with Crippen molar-refractivity contribution in [2.45, 2.75) is 25.0 Å². The molecule has 1 N–H and O–H groups in total. The summed E-state index contributed by atoms with van der Waals surface area (Å²) in [6.07, 6.45) is 0.230. The maximum atomic E-state index is 11.8. The maximum Gasteiger partial charge on any atom is 0.303 e. The minimum atomic E-state index is -3.55. The lowest BCUT2D eigenvalue weighted by atomic mass is 10.00. The number of aliphatic carboxylic acids is 1. The van der Waals surface area contributed by atoms with Gasteiger partial charge in [0.2, 0.25) is 10.0 Å². The number of nitrogens with zero attached hydrogens (tertiary/aromatic N) is 2. The summed E-state index contributed by atoms with van der Waals surface area (Å²) in [7, 11) is -3.55. The molecule has 0 radical (unpaired) electrons. The van der Waals surface area contributed by atoms with Crippen molar-refractivity contribution < 1.29 is 18.3 Å². The van der Waals surface area contributed by atoms with Gasteiger partial charge in [-0.05, 0) is 12.3 Å². The largest absolute Gasteiger partial charge is 0.481 e. The molecule has 16 heavy (non-hydrogen) atoms. The zero-order valence-corrected chi connectivity index (χ0v) is 9.77. The Bertz CT molecular complexity index is 406. The highest BCUT2D eigenvalue weighted by Crippen LogP contribution is 2.25. The maximum absolute atomic E-state index is 11.8. The Morgan fingerprint density at radius 2 is 2.19 bits per heavy atom. The first-order chi connectivity index (χ1) is 7.41. The Balaban J connectivity index is 2.57. The standard InChI is InChI=1S/C9H14N2O4S/c1-2-8(4-10)16(14,15)11-5-7(6-11)3-9(12)13/h7-8H,2-3,5-6H2,1H3,(H,12,13). The first kappa shape index (κ1) is 12.9. The van der Waals surface area contributed by atoms with E-state index in [-0.39, 0.29) is 31.8 Å². The van der Waals surface area contributed by atoms with Crippen LogP contribution in [-0.2, 0) is 14.8 Å². The molecule has 1 unspecified atom stereocenters. The Hall–Kier alpha value is -1.13. The van der Waals surface area contributed by atoms with Crippen LogP contribution in [0.4, 0.5) is 0 Å². The minimum absolute atomic E-state index is 0.0185. The number of hydrogen-bond acceptors (Lipinski definition) is 4. The van der Waals surface area contributed by atoms with E-state index in [4.69, 9.17) is 10.4 Å². The summed E-state index contributed by atoms with van der Waals surface area (Å²) < 4.78 is 24.7. The van der Waals surface area contributed by atoms with Crippen LogP contribution in [0.2, 0.25) is 0 Å². The van der Waals surface area contributed by atoms with Gasteiger partial charge in [0.25, 0.3) is 0 Å². The van der Waals surface area contributed by atoms with Crippen LogP contribution in [0.25, 0.3) is 0 Å². The molecule has 1 atom stereocenters. The second-order valence-electron chi connectivity index (χ2n) is 3.85. The van der Waals surface area contributed by atoms with Gasteiger partial charge in [0, 0.05) is 13.1 Å². The molecule has 1 rings (SSSR count). The van der Waals surface area contributed by atoms with Gasteiger partial charge in [0.05, 0.1) is 12.5 Å². The van der Waals surface area contributed by atoms with Crippen molar-refractivity contribution in [3.8, 4) is 6.07 Å². The fraction of sp³-hybridized carbons (Fsp3) is 0.778. The minimum Gasteiger partial charge on any atom is -0.481 e. The van der Waals surface area contributed by atoms with Crippen LogP contribution < -0.4 is 0 Å². The molecule has 90 valence electrons. The van der Waals surface area contributed by atoms with Gasteiger partial charge in [-0.2, -0.15) is 5.26 Å². The molecule has 0 amide bonds. The lowest BCUT2D eigenvalue weighted by molar-refractivity contribution is -0.139. The van der Waals surface area contributed by atoms with Gasteiger partial charge in [-0.3, -0.25) is 4.79 Å². The van der Waals surface area contributed by atoms with E-state index >= 15 is 0 Å². The Labute approximate surface area is 94.5 Å². The second-order valence-corrected chi connectivity index (χ2v) is 5.97. The first-order valence-electron chi connectivity index (χ1n) is 5.02. The third-order valence-electron chi connectivity index (χ3n) is 2.62. The zero-order valence-electron chi connectivity index (χ0n) is 8.96. The fourth-order valence-electron chi connectivity index (χ4n) is 1.65. The molecule has 1 heterocycles. The highest BCUT2D eigenvalue weighted by atomic mass is 32.2. The van der Waals surface area contributed by atoms with Gasteiger partial charge in [0.1, 0.15) is 0 Å². The molecule has 0 aliphatic carbocycles. The van der Waals surface area contributed by atoms with Crippen LogP contribution in [0.3, 0.4) is 0 Å². The quantitative estimate of drug-likeness (QED) is 0.737. The predicted molar refractivity (Wildman–Crippen MR) is 55.9 cm³/mol. The summed E-state index contributed by atoms with van der Waals surface area (Å²) >= 11 is 0. The van der Waals surface area contributed by atoms with Gasteiger partial charge >= 0.3 is 5.97 Å². The van der Waals surface area contributed by atoms with Crippen molar-refractivity contribution in [3.63, 3.8) is 0 Å². The van der Waals surface area contributed by atoms with E-state index in [0.717, 1.165) is 0 Å². The number of carbonyl (C=O) groups is 1. The zero-order chi connectivity index (χ0) is 12.3. The summed E-state index contributed by atoms with van der Waals surface area (Å²) in [5, 5.41) is 16.2. The summed E-state index contributed by atoms with van der Waals surface area (Å²) in [4.78, 5) is 10.4. The molecule has 1 saturated heterocycles. The molecule has 0 aromatic heterocycles. The number of hydrogen-bond donors (Lipinski definition) is 1. The number of carboxylic acid groups (broad SMARTS) is 1. The van der Waals surface area contributed by atoms with Gasteiger partial charge in [-0.25, -0.2) is 12.7 Å². The van der Waals surface area contributed by atoms with Crippen LogP contribution in [-0.4, -0.2) is 42.1 Å². The molecule has 7 heteroatoms. The van der Waals surface area contributed by atoms with E-state index in [1.54, 1.807) is 13.0 Å². The van der Waals surface area contributed by atoms with E-state index in [9.17, 15) is 13.2 Å². The van der Waals surface area contributed by atoms with Crippen molar-refractivity contribution in [1.82, 2.24) is 4.31 Å². The van der Waals surface area contributed by atoms with Crippen molar-refractivity contribution in [3.05, 3.63) is 0 Å². The number of nitriles is 1. The van der Waals surface area contributed by atoms with E-state index in [0.29, 0.717) is 0 Å². The molecular weight excluding hydrogens is 232 g/mol. The number of rotatable bonds is 5. The molecule has 0 spiro atoms. The van der Waals surface area contributed by atoms with Crippen molar-refractivity contribution in [1.29, 1.82) is 5.26 Å². The van der Waals surface area contributed by atoms with E-state index < -0.39 is 21.2 Å². The van der Waals surface area contributed by atoms with E-state index in [1.165, 1.54) is 4.31 Å². The highest BCUT2D eigenvalue weighted by Gasteiger charge is 2.40. The van der Waals surface area contributed by atoms with Crippen LogP contribution in [0, 0.1) is 17.2 Å². The fourth-order valence-corrected chi connectivity index (χ4v) is 3.41. The molecule has 1 aliphatic heterocycles. The second kappa shape index (κ2) is 4.80. The number of carboxylic acids is 1. The average Bonchev–Trinajstić information content (AvgIpc) is 2.11. The summed E-state index contributed by atoms with van der Waals surface area (Å²) in [6, 6.07) is 1.75. The van der Waals surface area contributed by atoms with E-state index in [2.05, 4.69) is 0 Å². The Morgan fingerprint density at radius 3 is 2.56 bits per heavy atom. The van der Waals surface area contributed by atoms with Crippen molar-refractivity contribution in [2.75, 3.05) is 13.1 Å². The normalized spacial score (nSPS) is 19.8. The average molecular weight is 246 g/mol. The molecule has 0 saturated carbocycles. The van der Waals surface area contributed by atoms with Gasteiger partial charge in [-0.1, -0.05) is 6.92 Å². The molecule has 0 aromatic rings. The van der Waals surface area contributed by atoms with Crippen LogP contribution in [0.5, 0.6) is 0 Å². The number of sulfonamides is 1. The molecule has 0 bridgehead atoms. The lowest BCUT2D eigenvalue weighted by Gasteiger charge is -2.38. The summed E-state index contributed by atoms with van der Waals surface area (Å²) in [6.45, 7) is 2.07. The van der Waals surface area contributed by atoms with E-state index in [1.807, 2.05) is 0 Å². The predicted octanol–water partition coefficient (Wildman–Crippen LogP) is 0.0249. The van der Waals surface area contributed by atoms with Crippen molar-refractivity contribution in [2.24, 2.45) is 5.92 Å². The summed E-state index contributed by atoms with van der Waals surface area (Å²) in [5.74, 6) is -1.04. The van der Waals surface area contributed by atoms with Crippen molar-refractivity contribution >= 4 is 16.0 Å². The Morgan fingerprint density at radius 1 is 1.62 bits per heavy atom.